The van der Waals surface area contributed by atoms with Gasteiger partial charge in [-0.1, -0.05) is 48.5 Å². The summed E-state index contributed by atoms with van der Waals surface area (Å²) in [5, 5.41) is 11.6. The summed E-state index contributed by atoms with van der Waals surface area (Å²) < 4.78 is 4.82. The van der Waals surface area contributed by atoms with E-state index in [0.29, 0.717) is 22.4 Å². The molecule has 2 aromatic heterocycles. The Bertz CT molecular complexity index is 1470. The van der Waals surface area contributed by atoms with Crippen molar-refractivity contribution in [3.63, 3.8) is 0 Å². The fraction of sp³-hybridized carbons (Fsp3) is 0.0741. The van der Waals surface area contributed by atoms with Crippen LogP contribution in [0.4, 0.5) is 5.69 Å². The second kappa shape index (κ2) is 9.07. The number of aromatic amines is 2. The molecule has 0 atom stereocenters. The van der Waals surface area contributed by atoms with Gasteiger partial charge >= 0.3 is 5.97 Å². The Hall–Kier alpha value is -4.65. The Labute approximate surface area is 195 Å². The molecule has 3 aromatic carbocycles. The standard InChI is InChI=1S/C27H22N4O3/c1-34-27(33)19-9-12-22-23(14-19)31-26(32)24(22)25(18-5-3-2-4-6-18)30-20-10-7-17(8-11-20)13-21-15-28-16-29-21/h2-12,14-16,31-32H,13H2,1H3,(H,28,29). The van der Waals surface area contributed by atoms with Crippen LogP contribution in [0.2, 0.25) is 0 Å². The van der Waals surface area contributed by atoms with Gasteiger partial charge in [-0.2, -0.15) is 0 Å². The second-order valence-electron chi connectivity index (χ2n) is 7.85. The van der Waals surface area contributed by atoms with Crippen molar-refractivity contribution in [3.05, 3.63) is 113 Å². The van der Waals surface area contributed by atoms with E-state index in [1.165, 1.54) is 7.11 Å². The van der Waals surface area contributed by atoms with Crippen molar-refractivity contribution in [1.82, 2.24) is 15.0 Å². The van der Waals surface area contributed by atoms with Crippen LogP contribution in [0, 0.1) is 0 Å². The van der Waals surface area contributed by atoms with Crippen LogP contribution < -0.4 is 0 Å². The van der Waals surface area contributed by atoms with E-state index in [9.17, 15) is 9.90 Å². The number of aromatic nitrogens is 3. The Kier molecular flexibility index (Phi) is 5.66. The number of esters is 1. The van der Waals surface area contributed by atoms with Crippen molar-refractivity contribution >= 4 is 28.3 Å². The summed E-state index contributed by atoms with van der Waals surface area (Å²) >= 11 is 0. The molecule has 7 heteroatoms. The molecule has 0 fully saturated rings. The van der Waals surface area contributed by atoms with Gasteiger partial charge < -0.3 is 19.8 Å². The number of fused-ring (bicyclic) bond motifs is 1. The van der Waals surface area contributed by atoms with E-state index in [2.05, 4.69) is 15.0 Å². The van der Waals surface area contributed by atoms with Gasteiger partial charge in [-0.05, 0) is 29.8 Å². The zero-order chi connectivity index (χ0) is 23.5. The lowest BCUT2D eigenvalue weighted by atomic mass is 10.00. The fourth-order valence-corrected chi connectivity index (χ4v) is 3.95. The number of aliphatic imine (C=N–C) groups is 1. The van der Waals surface area contributed by atoms with E-state index >= 15 is 0 Å². The number of nitrogens with one attached hydrogen (secondary N) is 2. The van der Waals surface area contributed by atoms with E-state index in [1.54, 1.807) is 24.5 Å². The van der Waals surface area contributed by atoms with Crippen LogP contribution in [0.3, 0.4) is 0 Å². The Morgan fingerprint density at radius 2 is 1.82 bits per heavy atom. The van der Waals surface area contributed by atoms with Gasteiger partial charge in [-0.25, -0.2) is 14.8 Å². The minimum absolute atomic E-state index is 0.0181. The van der Waals surface area contributed by atoms with E-state index in [0.717, 1.165) is 34.3 Å². The molecule has 168 valence electrons. The van der Waals surface area contributed by atoms with E-state index in [1.807, 2.05) is 60.8 Å². The Morgan fingerprint density at radius 1 is 1.03 bits per heavy atom. The number of methoxy groups -OCH3 is 1. The zero-order valence-electron chi connectivity index (χ0n) is 18.4. The molecule has 0 saturated heterocycles. The topological polar surface area (TPSA) is 103 Å². The summed E-state index contributed by atoms with van der Waals surface area (Å²) in [7, 11) is 1.34. The summed E-state index contributed by atoms with van der Waals surface area (Å²) in [6.07, 6.45) is 4.23. The first-order chi connectivity index (χ1) is 16.6. The highest BCUT2D eigenvalue weighted by Crippen LogP contribution is 2.32. The lowest BCUT2D eigenvalue weighted by Gasteiger charge is -2.08. The number of H-pyrrole nitrogens is 2. The highest BCUT2D eigenvalue weighted by atomic mass is 16.5. The van der Waals surface area contributed by atoms with Crippen LogP contribution in [0.5, 0.6) is 5.88 Å². The van der Waals surface area contributed by atoms with Crippen molar-refractivity contribution in [2.75, 3.05) is 7.11 Å². The molecule has 0 unspecified atom stereocenters. The van der Waals surface area contributed by atoms with Gasteiger partial charge in [0.1, 0.15) is 0 Å². The molecule has 5 rings (SSSR count). The normalized spacial score (nSPS) is 11.6. The third-order valence-corrected chi connectivity index (χ3v) is 5.61. The number of benzene rings is 3. The third-order valence-electron chi connectivity index (χ3n) is 5.61. The maximum Gasteiger partial charge on any atom is 0.337 e. The predicted molar refractivity (Wildman–Crippen MR) is 131 cm³/mol. The quantitative estimate of drug-likeness (QED) is 0.246. The smallest absolute Gasteiger partial charge is 0.337 e. The first kappa shape index (κ1) is 21.2. The van der Waals surface area contributed by atoms with Crippen molar-refractivity contribution in [3.8, 4) is 5.88 Å². The largest absolute Gasteiger partial charge is 0.494 e. The molecule has 0 aliphatic heterocycles. The lowest BCUT2D eigenvalue weighted by molar-refractivity contribution is 0.0601. The highest BCUT2D eigenvalue weighted by molar-refractivity contribution is 6.22. The van der Waals surface area contributed by atoms with E-state index < -0.39 is 5.97 Å². The summed E-state index contributed by atoms with van der Waals surface area (Å²) in [6, 6.07) is 22.8. The zero-order valence-corrected chi connectivity index (χ0v) is 18.4. The van der Waals surface area contributed by atoms with Crippen molar-refractivity contribution in [1.29, 1.82) is 0 Å². The number of hydrogen-bond acceptors (Lipinski definition) is 5. The highest BCUT2D eigenvalue weighted by Gasteiger charge is 2.20. The number of imidazole rings is 1. The van der Waals surface area contributed by atoms with Crippen molar-refractivity contribution in [2.24, 2.45) is 4.99 Å². The molecule has 5 aromatic rings. The third kappa shape index (κ3) is 4.19. The molecule has 0 spiro atoms. The molecule has 3 N–H and O–H groups in total. The van der Waals surface area contributed by atoms with E-state index in [4.69, 9.17) is 9.73 Å². The summed E-state index contributed by atoms with van der Waals surface area (Å²) in [5.74, 6) is -0.458. The van der Waals surface area contributed by atoms with Gasteiger partial charge in [-0.3, -0.25) is 0 Å². The molecule has 0 aliphatic rings. The summed E-state index contributed by atoms with van der Waals surface area (Å²) in [4.78, 5) is 27.0. The number of nitrogens with zero attached hydrogens (tertiary/aromatic N) is 2. The van der Waals surface area contributed by atoms with Gasteiger partial charge in [-0.15, -0.1) is 0 Å². The minimum atomic E-state index is -0.440. The average molecular weight is 450 g/mol. The fourth-order valence-electron chi connectivity index (χ4n) is 3.95. The van der Waals surface area contributed by atoms with E-state index in [-0.39, 0.29) is 5.88 Å². The summed E-state index contributed by atoms with van der Waals surface area (Å²) in [5.41, 5.74) is 5.99. The van der Waals surface area contributed by atoms with Gasteiger partial charge in [0, 0.05) is 34.8 Å². The Morgan fingerprint density at radius 3 is 2.53 bits per heavy atom. The molecule has 34 heavy (non-hydrogen) atoms. The second-order valence-corrected chi connectivity index (χ2v) is 7.85. The molecule has 7 nitrogen and oxygen atoms in total. The first-order valence-corrected chi connectivity index (χ1v) is 10.8. The lowest BCUT2D eigenvalue weighted by Crippen LogP contribution is -2.03. The Balaban J connectivity index is 1.59. The van der Waals surface area contributed by atoms with Crippen molar-refractivity contribution in [2.45, 2.75) is 6.42 Å². The maximum atomic E-state index is 11.9. The van der Waals surface area contributed by atoms with Crippen LogP contribution in [-0.4, -0.2) is 38.8 Å². The molecule has 0 amide bonds. The molecule has 0 radical (unpaired) electrons. The maximum absolute atomic E-state index is 11.9. The monoisotopic (exact) mass is 450 g/mol. The van der Waals surface area contributed by atoms with Crippen LogP contribution in [0.15, 0.2) is 90.3 Å². The number of carbonyl (C=O) groups excluding carboxylic acids is 1. The predicted octanol–water partition coefficient (Wildman–Crippen LogP) is 5.14. The average Bonchev–Trinajstić information content (AvgIpc) is 3.50. The number of ether oxygens (including phenoxy) is 1. The molecular formula is C27H22N4O3. The van der Waals surface area contributed by atoms with Crippen LogP contribution in [-0.2, 0) is 11.2 Å². The van der Waals surface area contributed by atoms with Gasteiger partial charge in [0.2, 0.25) is 0 Å². The van der Waals surface area contributed by atoms with Crippen LogP contribution >= 0.6 is 0 Å². The van der Waals surface area contributed by atoms with Gasteiger partial charge in [0.25, 0.3) is 0 Å². The van der Waals surface area contributed by atoms with Crippen LogP contribution in [0.1, 0.15) is 32.7 Å². The van der Waals surface area contributed by atoms with Crippen molar-refractivity contribution < 1.29 is 14.6 Å². The molecule has 0 bridgehead atoms. The number of carbonyl (C=O) groups is 1. The minimum Gasteiger partial charge on any atom is -0.494 e. The molecular weight excluding hydrogens is 428 g/mol. The molecule has 0 saturated carbocycles. The molecule has 0 aliphatic carbocycles. The number of hydrogen-bond donors (Lipinski definition) is 3. The summed E-state index contributed by atoms with van der Waals surface area (Å²) in [6.45, 7) is 0. The number of aromatic hydroxyl groups is 1. The first-order valence-electron chi connectivity index (χ1n) is 10.8. The molecule has 2 heterocycles. The van der Waals surface area contributed by atoms with Gasteiger partial charge in [0.15, 0.2) is 5.88 Å². The SMILES string of the molecule is COC(=O)c1ccc2c(C(=Nc3ccc(Cc4cnc[nH]4)cc3)c3ccccc3)c(O)[nH]c2c1. The number of rotatable bonds is 6. The van der Waals surface area contributed by atoms with Gasteiger partial charge in [0.05, 0.1) is 36.0 Å². The van der Waals surface area contributed by atoms with Crippen LogP contribution in [0.25, 0.3) is 10.9 Å².